The van der Waals surface area contributed by atoms with E-state index < -0.39 is 12.8 Å². The first-order valence-electron chi connectivity index (χ1n) is 5.31. The van der Waals surface area contributed by atoms with Gasteiger partial charge in [0, 0.05) is 0 Å². The topological polar surface area (TPSA) is 21.3 Å². The molecule has 0 heterocycles. The molecule has 0 radical (unpaired) electrons. The van der Waals surface area contributed by atoms with Crippen molar-refractivity contribution in [2.75, 3.05) is 6.61 Å². The molecule has 2 nitrogen and oxygen atoms in total. The summed E-state index contributed by atoms with van der Waals surface area (Å²) in [6.07, 6.45) is -4.31. The van der Waals surface area contributed by atoms with Crippen LogP contribution in [0.3, 0.4) is 0 Å². The van der Waals surface area contributed by atoms with Gasteiger partial charge in [-0.1, -0.05) is 23.8 Å². The second-order valence-corrected chi connectivity index (χ2v) is 4.10. The maximum absolute atomic E-state index is 11.9. The first-order valence-corrected chi connectivity index (χ1v) is 5.31. The molecule has 1 aromatic carbocycles. The summed E-state index contributed by atoms with van der Waals surface area (Å²) in [4.78, 5) is 4.42. The lowest BCUT2D eigenvalue weighted by Gasteiger charge is -2.17. The number of benzene rings is 1. The predicted octanol–water partition coefficient (Wildman–Crippen LogP) is 3.45. The van der Waals surface area contributed by atoms with Gasteiger partial charge in [-0.15, -0.1) is 0 Å². The standard InChI is InChI=1S/C12H16F3NO/c1-8-4-5-11(9(2)6-8)10(3)16-17-7-12(13,14)15/h4-6,10,16H,7H2,1-3H3. The Balaban J connectivity index is 2.55. The van der Waals surface area contributed by atoms with Gasteiger partial charge in [-0.05, 0) is 31.9 Å². The summed E-state index contributed by atoms with van der Waals surface area (Å²) in [5.41, 5.74) is 5.47. The van der Waals surface area contributed by atoms with E-state index in [2.05, 4.69) is 10.3 Å². The third-order valence-corrected chi connectivity index (χ3v) is 2.39. The van der Waals surface area contributed by atoms with Crippen LogP contribution in [0.15, 0.2) is 18.2 Å². The highest BCUT2D eigenvalue weighted by Gasteiger charge is 2.28. The Morgan fingerprint density at radius 3 is 2.47 bits per heavy atom. The van der Waals surface area contributed by atoms with Crippen LogP contribution in [0.4, 0.5) is 13.2 Å². The van der Waals surface area contributed by atoms with Crippen LogP contribution in [0.5, 0.6) is 0 Å². The number of hydrogen-bond acceptors (Lipinski definition) is 2. The van der Waals surface area contributed by atoms with E-state index in [0.29, 0.717) is 0 Å². The Morgan fingerprint density at radius 1 is 1.29 bits per heavy atom. The van der Waals surface area contributed by atoms with Gasteiger partial charge in [0.2, 0.25) is 0 Å². The van der Waals surface area contributed by atoms with Gasteiger partial charge >= 0.3 is 6.18 Å². The number of hydrogen-bond donors (Lipinski definition) is 1. The number of hydroxylamine groups is 1. The van der Waals surface area contributed by atoms with E-state index in [1.54, 1.807) is 6.92 Å². The number of alkyl halides is 3. The van der Waals surface area contributed by atoms with Crippen LogP contribution in [-0.4, -0.2) is 12.8 Å². The van der Waals surface area contributed by atoms with Gasteiger partial charge in [0.05, 0.1) is 6.04 Å². The van der Waals surface area contributed by atoms with Gasteiger partial charge in [0.25, 0.3) is 0 Å². The SMILES string of the molecule is Cc1ccc(C(C)NOCC(F)(F)F)c(C)c1. The minimum atomic E-state index is -4.31. The molecule has 1 atom stereocenters. The van der Waals surface area contributed by atoms with Crippen LogP contribution in [0.25, 0.3) is 0 Å². The van der Waals surface area contributed by atoms with Crippen LogP contribution >= 0.6 is 0 Å². The lowest BCUT2D eigenvalue weighted by Crippen LogP contribution is -2.27. The summed E-state index contributed by atoms with van der Waals surface area (Å²) in [5, 5.41) is 0. The summed E-state index contributed by atoms with van der Waals surface area (Å²) in [6, 6.07) is 5.51. The van der Waals surface area contributed by atoms with E-state index in [1.807, 2.05) is 32.0 Å². The quantitative estimate of drug-likeness (QED) is 0.823. The third-order valence-electron chi connectivity index (χ3n) is 2.39. The highest BCUT2D eigenvalue weighted by Crippen LogP contribution is 2.19. The average Bonchev–Trinajstić information content (AvgIpc) is 2.15. The van der Waals surface area contributed by atoms with Gasteiger partial charge in [-0.2, -0.15) is 18.7 Å². The van der Waals surface area contributed by atoms with Crippen LogP contribution in [0, 0.1) is 13.8 Å². The van der Waals surface area contributed by atoms with Crippen molar-refractivity contribution in [2.24, 2.45) is 0 Å². The van der Waals surface area contributed by atoms with E-state index in [4.69, 9.17) is 0 Å². The molecule has 0 aliphatic carbocycles. The number of aryl methyl sites for hydroxylation is 2. The molecule has 1 N–H and O–H groups in total. The van der Waals surface area contributed by atoms with Gasteiger partial charge < -0.3 is 0 Å². The van der Waals surface area contributed by atoms with Gasteiger partial charge in [0.1, 0.15) is 0 Å². The molecule has 1 aromatic rings. The molecule has 0 aliphatic heterocycles. The Bertz CT molecular complexity index is 377. The number of rotatable bonds is 4. The molecule has 0 fully saturated rings. The number of halogens is 3. The molecule has 0 amide bonds. The maximum atomic E-state index is 11.9. The van der Waals surface area contributed by atoms with E-state index in [0.717, 1.165) is 16.7 Å². The molecule has 0 spiro atoms. The molecule has 0 aromatic heterocycles. The Labute approximate surface area is 98.7 Å². The molecule has 0 bridgehead atoms. The zero-order chi connectivity index (χ0) is 13.1. The second-order valence-electron chi connectivity index (χ2n) is 4.10. The zero-order valence-corrected chi connectivity index (χ0v) is 10.1. The van der Waals surface area contributed by atoms with Gasteiger partial charge in [-0.3, -0.25) is 4.84 Å². The van der Waals surface area contributed by atoms with E-state index in [9.17, 15) is 13.2 Å². The van der Waals surface area contributed by atoms with Crippen LogP contribution in [0.1, 0.15) is 29.7 Å². The fourth-order valence-corrected chi connectivity index (χ4v) is 1.62. The largest absolute Gasteiger partial charge is 0.413 e. The smallest absolute Gasteiger partial charge is 0.292 e. The van der Waals surface area contributed by atoms with Crippen molar-refractivity contribution in [1.82, 2.24) is 5.48 Å². The van der Waals surface area contributed by atoms with E-state index in [-0.39, 0.29) is 6.04 Å². The molecule has 5 heteroatoms. The summed E-state index contributed by atoms with van der Waals surface area (Å²) in [5.74, 6) is 0. The number of nitrogens with one attached hydrogen (secondary N) is 1. The molecule has 0 saturated carbocycles. The minimum Gasteiger partial charge on any atom is -0.292 e. The van der Waals surface area contributed by atoms with Crippen molar-refractivity contribution < 1.29 is 18.0 Å². The molecule has 1 unspecified atom stereocenters. The van der Waals surface area contributed by atoms with Crippen molar-refractivity contribution in [1.29, 1.82) is 0 Å². The molecule has 0 aliphatic rings. The van der Waals surface area contributed by atoms with Gasteiger partial charge in [-0.25, -0.2) is 0 Å². The first kappa shape index (κ1) is 14.0. The highest BCUT2D eigenvalue weighted by atomic mass is 19.4. The summed E-state index contributed by atoms with van der Waals surface area (Å²) in [6.45, 7) is 4.36. The normalized spacial score (nSPS) is 13.8. The van der Waals surface area contributed by atoms with E-state index in [1.165, 1.54) is 0 Å². The van der Waals surface area contributed by atoms with Crippen LogP contribution in [0.2, 0.25) is 0 Å². The lowest BCUT2D eigenvalue weighted by molar-refractivity contribution is -0.192. The van der Waals surface area contributed by atoms with Crippen LogP contribution in [-0.2, 0) is 4.84 Å². The van der Waals surface area contributed by atoms with Crippen molar-refractivity contribution >= 4 is 0 Å². The molecule has 1 rings (SSSR count). The monoisotopic (exact) mass is 247 g/mol. The minimum absolute atomic E-state index is 0.280. The average molecular weight is 247 g/mol. The predicted molar refractivity (Wildman–Crippen MR) is 59.5 cm³/mol. The van der Waals surface area contributed by atoms with Crippen molar-refractivity contribution in [2.45, 2.75) is 33.0 Å². The molecular weight excluding hydrogens is 231 g/mol. The molecule has 0 saturated heterocycles. The summed E-state index contributed by atoms with van der Waals surface area (Å²) >= 11 is 0. The highest BCUT2D eigenvalue weighted by molar-refractivity contribution is 5.32. The fourth-order valence-electron chi connectivity index (χ4n) is 1.62. The van der Waals surface area contributed by atoms with Crippen molar-refractivity contribution in [3.8, 4) is 0 Å². The third kappa shape index (κ3) is 4.75. The molecule has 96 valence electrons. The lowest BCUT2D eigenvalue weighted by atomic mass is 10.0. The maximum Gasteiger partial charge on any atom is 0.413 e. The van der Waals surface area contributed by atoms with E-state index >= 15 is 0 Å². The Hall–Kier alpha value is -1.07. The molecule has 17 heavy (non-hydrogen) atoms. The fraction of sp³-hybridized carbons (Fsp3) is 0.500. The van der Waals surface area contributed by atoms with Crippen molar-refractivity contribution in [3.63, 3.8) is 0 Å². The summed E-state index contributed by atoms with van der Waals surface area (Å²) in [7, 11) is 0. The second kappa shape index (κ2) is 5.51. The molecular formula is C12H16F3NO. The van der Waals surface area contributed by atoms with Crippen molar-refractivity contribution in [3.05, 3.63) is 34.9 Å². The Morgan fingerprint density at radius 2 is 1.94 bits per heavy atom. The zero-order valence-electron chi connectivity index (χ0n) is 10.1. The summed E-state index contributed by atoms with van der Waals surface area (Å²) < 4.78 is 35.6. The first-order chi connectivity index (χ1) is 7.79. The Kier molecular flexibility index (Phi) is 4.54. The van der Waals surface area contributed by atoms with Gasteiger partial charge in [0.15, 0.2) is 6.61 Å². The van der Waals surface area contributed by atoms with Crippen LogP contribution < -0.4 is 5.48 Å².